The number of hydrogen-bond acceptors (Lipinski definition) is 4. The molecule has 0 saturated carbocycles. The number of amides is 3. The van der Waals surface area contributed by atoms with Crippen LogP contribution >= 0.6 is 0 Å². The fraction of sp³-hybridized carbons (Fsp3) is 0.609. The van der Waals surface area contributed by atoms with Crippen molar-refractivity contribution in [3.8, 4) is 0 Å². The van der Waals surface area contributed by atoms with Crippen molar-refractivity contribution in [1.29, 1.82) is 0 Å². The van der Waals surface area contributed by atoms with Gasteiger partial charge in [-0.1, -0.05) is 31.5 Å². The summed E-state index contributed by atoms with van der Waals surface area (Å²) in [4.78, 5) is 39.7. The highest BCUT2D eigenvalue weighted by atomic mass is 16.5. The lowest BCUT2D eigenvalue weighted by atomic mass is 9.88. The minimum Gasteiger partial charge on any atom is -0.383 e. The highest BCUT2D eigenvalue weighted by molar-refractivity contribution is 5.94. The van der Waals surface area contributed by atoms with Crippen LogP contribution in [-0.2, 0) is 14.3 Å². The van der Waals surface area contributed by atoms with Gasteiger partial charge in [0.2, 0.25) is 11.8 Å². The van der Waals surface area contributed by atoms with E-state index < -0.39 is 6.04 Å². The van der Waals surface area contributed by atoms with Crippen LogP contribution in [0.1, 0.15) is 49.0 Å². The maximum absolute atomic E-state index is 12.8. The van der Waals surface area contributed by atoms with Gasteiger partial charge in [0.25, 0.3) is 5.91 Å². The Bertz CT molecular complexity index is 710. The van der Waals surface area contributed by atoms with E-state index in [2.05, 4.69) is 10.6 Å². The molecule has 1 aromatic rings. The van der Waals surface area contributed by atoms with Gasteiger partial charge in [-0.15, -0.1) is 0 Å². The lowest BCUT2D eigenvalue weighted by Crippen LogP contribution is -2.54. The van der Waals surface area contributed by atoms with Crippen LogP contribution in [-0.4, -0.2) is 62.0 Å². The number of carbonyl (C=O) groups excluding carboxylic acids is 3. The second-order valence-electron chi connectivity index (χ2n) is 8.42. The molecule has 1 aromatic carbocycles. The molecule has 1 aliphatic rings. The molecule has 1 aliphatic heterocycles. The van der Waals surface area contributed by atoms with Gasteiger partial charge in [-0.3, -0.25) is 14.4 Å². The third-order valence-electron chi connectivity index (χ3n) is 5.39. The molecule has 2 N–H and O–H groups in total. The lowest BCUT2D eigenvalue weighted by molar-refractivity contribution is -0.131. The van der Waals surface area contributed by atoms with Gasteiger partial charge in [0.1, 0.15) is 6.04 Å². The average Bonchev–Trinajstić information content (AvgIpc) is 2.72. The Hall–Kier alpha value is -2.41. The molecular weight excluding hydrogens is 382 g/mol. The first-order valence-corrected chi connectivity index (χ1v) is 10.7. The normalized spacial score (nSPS) is 15.7. The van der Waals surface area contributed by atoms with Gasteiger partial charge in [0.15, 0.2) is 0 Å². The molecule has 166 valence electrons. The summed E-state index contributed by atoms with van der Waals surface area (Å²) in [6.45, 7) is 7.90. The number of piperidine rings is 1. The summed E-state index contributed by atoms with van der Waals surface area (Å²) < 4.78 is 4.99. The average molecular weight is 418 g/mol. The number of carbonyl (C=O) groups is 3. The standard InChI is InChI=1S/C23H35N3O4/c1-16(2)15-20(27)25-21(22(28)24-11-14-30-4)18-9-12-26(13-10-18)23(29)19-7-5-17(3)6-8-19/h5-8,16,18,21H,9-15H2,1-4H3,(H,24,28)(H,25,27). The second-order valence-corrected chi connectivity index (χ2v) is 8.42. The molecule has 1 heterocycles. The number of ether oxygens (including phenoxy) is 1. The Morgan fingerprint density at radius 3 is 2.33 bits per heavy atom. The number of nitrogens with zero attached hydrogens (tertiary/aromatic N) is 1. The molecule has 1 atom stereocenters. The molecule has 3 amide bonds. The van der Waals surface area contributed by atoms with Crippen LogP contribution in [0.25, 0.3) is 0 Å². The molecule has 1 unspecified atom stereocenters. The lowest BCUT2D eigenvalue weighted by Gasteiger charge is -2.36. The summed E-state index contributed by atoms with van der Waals surface area (Å²) in [5.74, 6) is -0.0807. The molecule has 0 radical (unpaired) electrons. The largest absolute Gasteiger partial charge is 0.383 e. The maximum Gasteiger partial charge on any atom is 0.253 e. The van der Waals surface area contributed by atoms with Crippen LogP contribution in [0.4, 0.5) is 0 Å². The van der Waals surface area contributed by atoms with Gasteiger partial charge in [0, 0.05) is 38.7 Å². The van der Waals surface area contributed by atoms with Crippen LogP contribution < -0.4 is 10.6 Å². The number of rotatable bonds is 9. The monoisotopic (exact) mass is 417 g/mol. The van der Waals surface area contributed by atoms with E-state index in [0.717, 1.165) is 5.56 Å². The predicted octanol–water partition coefficient (Wildman–Crippen LogP) is 2.14. The third-order valence-corrected chi connectivity index (χ3v) is 5.39. The molecule has 0 aliphatic carbocycles. The minimum absolute atomic E-state index is 0.00859. The summed E-state index contributed by atoms with van der Waals surface area (Å²) in [6.07, 6.45) is 1.72. The number of hydrogen-bond donors (Lipinski definition) is 2. The predicted molar refractivity (Wildman–Crippen MR) is 116 cm³/mol. The highest BCUT2D eigenvalue weighted by Gasteiger charge is 2.34. The SMILES string of the molecule is COCCNC(=O)C(NC(=O)CC(C)C)C1CCN(C(=O)c2ccc(C)cc2)CC1. The van der Waals surface area contributed by atoms with E-state index in [1.165, 1.54) is 0 Å². The molecule has 7 heteroatoms. The fourth-order valence-corrected chi connectivity index (χ4v) is 3.70. The van der Waals surface area contributed by atoms with Crippen molar-refractivity contribution in [1.82, 2.24) is 15.5 Å². The van der Waals surface area contributed by atoms with Gasteiger partial charge < -0.3 is 20.3 Å². The first-order chi connectivity index (χ1) is 14.3. The Balaban J connectivity index is 1.99. The quantitative estimate of drug-likeness (QED) is 0.603. The van der Waals surface area contributed by atoms with Crippen LogP contribution in [0.2, 0.25) is 0 Å². The van der Waals surface area contributed by atoms with Crippen molar-refractivity contribution in [2.45, 2.75) is 46.1 Å². The zero-order valence-electron chi connectivity index (χ0n) is 18.6. The second kappa shape index (κ2) is 11.7. The number of methoxy groups -OCH3 is 1. The van der Waals surface area contributed by atoms with Crippen LogP contribution in [0.3, 0.4) is 0 Å². The topological polar surface area (TPSA) is 87.7 Å². The zero-order chi connectivity index (χ0) is 22.1. The number of nitrogens with one attached hydrogen (secondary N) is 2. The Morgan fingerprint density at radius 2 is 1.77 bits per heavy atom. The van der Waals surface area contributed by atoms with Gasteiger partial charge in [0.05, 0.1) is 6.61 Å². The van der Waals surface area contributed by atoms with Crippen LogP contribution in [0.5, 0.6) is 0 Å². The number of benzene rings is 1. The molecule has 7 nitrogen and oxygen atoms in total. The van der Waals surface area contributed by atoms with E-state index >= 15 is 0 Å². The molecule has 0 aromatic heterocycles. The highest BCUT2D eigenvalue weighted by Crippen LogP contribution is 2.23. The summed E-state index contributed by atoms with van der Waals surface area (Å²) in [5.41, 5.74) is 1.79. The van der Waals surface area contributed by atoms with Crippen molar-refractivity contribution in [3.63, 3.8) is 0 Å². The minimum atomic E-state index is -0.593. The molecule has 1 fully saturated rings. The van der Waals surface area contributed by atoms with E-state index in [1.807, 2.05) is 49.9 Å². The summed E-state index contributed by atoms with van der Waals surface area (Å²) in [6, 6.07) is 6.98. The Kier molecular flexibility index (Phi) is 9.30. The summed E-state index contributed by atoms with van der Waals surface area (Å²) in [7, 11) is 1.58. The molecule has 30 heavy (non-hydrogen) atoms. The Labute approximate surface area is 179 Å². The fourth-order valence-electron chi connectivity index (χ4n) is 3.70. The van der Waals surface area contributed by atoms with Crippen molar-refractivity contribution in [3.05, 3.63) is 35.4 Å². The van der Waals surface area contributed by atoms with Crippen molar-refractivity contribution >= 4 is 17.7 Å². The number of likely N-dealkylation sites (tertiary alicyclic amines) is 1. The van der Waals surface area contributed by atoms with Gasteiger partial charge in [-0.2, -0.15) is 0 Å². The van der Waals surface area contributed by atoms with E-state index in [0.29, 0.717) is 51.1 Å². The molecule has 0 spiro atoms. The summed E-state index contributed by atoms with van der Waals surface area (Å²) in [5, 5.41) is 5.78. The van der Waals surface area contributed by atoms with E-state index in [4.69, 9.17) is 4.74 Å². The maximum atomic E-state index is 12.8. The van der Waals surface area contributed by atoms with E-state index in [9.17, 15) is 14.4 Å². The van der Waals surface area contributed by atoms with Crippen molar-refractivity contribution in [2.75, 3.05) is 33.4 Å². The zero-order valence-corrected chi connectivity index (χ0v) is 18.6. The van der Waals surface area contributed by atoms with E-state index in [-0.39, 0.29) is 29.6 Å². The first-order valence-electron chi connectivity index (χ1n) is 10.7. The van der Waals surface area contributed by atoms with Crippen molar-refractivity contribution < 1.29 is 19.1 Å². The third kappa shape index (κ3) is 7.13. The molecular formula is C23H35N3O4. The first kappa shape index (κ1) is 23.9. The van der Waals surface area contributed by atoms with Crippen LogP contribution in [0.15, 0.2) is 24.3 Å². The smallest absolute Gasteiger partial charge is 0.253 e. The summed E-state index contributed by atoms with van der Waals surface area (Å²) >= 11 is 0. The van der Waals surface area contributed by atoms with Gasteiger partial charge >= 0.3 is 0 Å². The number of aryl methyl sites for hydroxylation is 1. The van der Waals surface area contributed by atoms with Gasteiger partial charge in [-0.05, 0) is 43.7 Å². The Morgan fingerprint density at radius 1 is 1.13 bits per heavy atom. The molecule has 1 saturated heterocycles. The molecule has 2 rings (SSSR count). The van der Waals surface area contributed by atoms with Crippen LogP contribution in [0, 0.1) is 18.8 Å². The molecule has 0 bridgehead atoms. The van der Waals surface area contributed by atoms with Crippen molar-refractivity contribution in [2.24, 2.45) is 11.8 Å². The van der Waals surface area contributed by atoms with Gasteiger partial charge in [-0.25, -0.2) is 0 Å². The van der Waals surface area contributed by atoms with E-state index in [1.54, 1.807) is 7.11 Å².